The second-order valence-electron chi connectivity index (χ2n) is 4.92. The number of hydrogen-bond donors (Lipinski definition) is 1. The molecule has 1 atom stereocenters. The molecule has 1 N–H and O–H groups in total. The Balaban J connectivity index is 1.69. The van der Waals surface area contributed by atoms with Gasteiger partial charge in [-0.2, -0.15) is 0 Å². The Hall–Kier alpha value is -2.11. The first-order valence-electron chi connectivity index (χ1n) is 6.99. The zero-order chi connectivity index (χ0) is 15.4. The number of halogens is 1. The molecule has 22 heavy (non-hydrogen) atoms. The maximum absolute atomic E-state index is 12.2. The summed E-state index contributed by atoms with van der Waals surface area (Å²) in [5.41, 5.74) is 1.03. The average Bonchev–Trinajstić information content (AvgIpc) is 3.01. The second-order valence-corrected chi connectivity index (χ2v) is 5.33. The van der Waals surface area contributed by atoms with E-state index < -0.39 is 0 Å². The van der Waals surface area contributed by atoms with Gasteiger partial charge in [0, 0.05) is 24.4 Å². The van der Waals surface area contributed by atoms with Gasteiger partial charge in [-0.25, -0.2) is 4.98 Å². The van der Waals surface area contributed by atoms with E-state index in [1.54, 1.807) is 42.6 Å². The van der Waals surface area contributed by atoms with Crippen molar-refractivity contribution in [2.24, 2.45) is 0 Å². The third-order valence-corrected chi connectivity index (χ3v) is 3.62. The third-order valence-electron chi connectivity index (χ3n) is 3.29. The Morgan fingerprint density at radius 1 is 1.36 bits per heavy atom. The minimum atomic E-state index is -0.271. The minimum Gasteiger partial charge on any atom is -0.472 e. The maximum atomic E-state index is 12.2. The lowest BCUT2D eigenvalue weighted by atomic mass is 10.2. The van der Waals surface area contributed by atoms with Gasteiger partial charge >= 0.3 is 0 Å². The van der Waals surface area contributed by atoms with Crippen molar-refractivity contribution in [2.75, 3.05) is 18.5 Å². The first-order chi connectivity index (χ1) is 10.7. The Bertz CT molecular complexity index is 672. The van der Waals surface area contributed by atoms with Crippen molar-refractivity contribution in [2.45, 2.75) is 12.5 Å². The van der Waals surface area contributed by atoms with Crippen LogP contribution in [-0.4, -0.2) is 30.2 Å². The van der Waals surface area contributed by atoms with Crippen molar-refractivity contribution in [3.8, 4) is 5.88 Å². The molecule has 6 heteroatoms. The summed E-state index contributed by atoms with van der Waals surface area (Å²) < 4.78 is 11.0. The number of carbonyl (C=O) groups is 1. The van der Waals surface area contributed by atoms with Gasteiger partial charge in [0.2, 0.25) is 5.88 Å². The van der Waals surface area contributed by atoms with Crippen LogP contribution in [0.1, 0.15) is 16.8 Å². The quantitative estimate of drug-likeness (QED) is 0.940. The maximum Gasteiger partial charge on any atom is 0.257 e. The number of benzene rings is 1. The van der Waals surface area contributed by atoms with Crippen molar-refractivity contribution in [1.82, 2.24) is 4.98 Å². The molecule has 2 aromatic rings. The molecule has 1 saturated heterocycles. The van der Waals surface area contributed by atoms with Gasteiger partial charge in [-0.15, -0.1) is 0 Å². The monoisotopic (exact) mass is 318 g/mol. The summed E-state index contributed by atoms with van der Waals surface area (Å²) in [6.07, 6.45) is 2.45. The molecule has 1 aromatic carbocycles. The van der Waals surface area contributed by atoms with Gasteiger partial charge in [-0.1, -0.05) is 23.7 Å². The number of amides is 1. The molecule has 1 unspecified atom stereocenters. The predicted molar refractivity (Wildman–Crippen MR) is 83.5 cm³/mol. The van der Waals surface area contributed by atoms with Gasteiger partial charge in [0.15, 0.2) is 0 Å². The topological polar surface area (TPSA) is 60.5 Å². The molecule has 114 valence electrons. The fourth-order valence-electron chi connectivity index (χ4n) is 2.17. The van der Waals surface area contributed by atoms with Gasteiger partial charge in [0.25, 0.3) is 5.91 Å². The number of nitrogens with one attached hydrogen (secondary N) is 1. The minimum absolute atomic E-state index is 0.0158. The van der Waals surface area contributed by atoms with Crippen LogP contribution >= 0.6 is 11.6 Å². The molecule has 0 spiro atoms. The van der Waals surface area contributed by atoms with Crippen LogP contribution in [0.25, 0.3) is 0 Å². The number of anilines is 1. The fourth-order valence-corrected chi connectivity index (χ4v) is 2.39. The summed E-state index contributed by atoms with van der Waals surface area (Å²) in [5, 5.41) is 3.20. The third kappa shape index (κ3) is 3.55. The van der Waals surface area contributed by atoms with Gasteiger partial charge in [-0.3, -0.25) is 4.79 Å². The SMILES string of the molecule is O=C(Nc1ccnc(OC2CCOC2)c1)c1ccccc1Cl. The van der Waals surface area contributed by atoms with Crippen LogP contribution in [-0.2, 0) is 4.74 Å². The number of carbonyl (C=O) groups excluding carboxylic acids is 1. The molecule has 1 fully saturated rings. The second kappa shape index (κ2) is 6.77. The zero-order valence-electron chi connectivity index (χ0n) is 11.8. The summed E-state index contributed by atoms with van der Waals surface area (Å²) >= 11 is 6.02. The fraction of sp³-hybridized carbons (Fsp3) is 0.250. The van der Waals surface area contributed by atoms with E-state index in [0.29, 0.717) is 35.4 Å². The van der Waals surface area contributed by atoms with Crippen molar-refractivity contribution in [3.05, 3.63) is 53.2 Å². The van der Waals surface area contributed by atoms with Crippen molar-refractivity contribution in [3.63, 3.8) is 0 Å². The standard InChI is InChI=1S/C16H15ClN2O3/c17-14-4-2-1-3-13(14)16(20)19-11-5-7-18-15(9-11)22-12-6-8-21-10-12/h1-5,7,9,12H,6,8,10H2,(H,18,19,20). The van der Waals surface area contributed by atoms with Crippen molar-refractivity contribution < 1.29 is 14.3 Å². The molecule has 5 nitrogen and oxygen atoms in total. The van der Waals surface area contributed by atoms with Crippen LogP contribution in [0.2, 0.25) is 5.02 Å². The molecule has 0 radical (unpaired) electrons. The van der Waals surface area contributed by atoms with Crippen LogP contribution in [0.15, 0.2) is 42.6 Å². The van der Waals surface area contributed by atoms with Crippen LogP contribution in [0, 0.1) is 0 Å². The molecule has 1 aliphatic rings. The van der Waals surface area contributed by atoms with E-state index in [4.69, 9.17) is 21.1 Å². The first kappa shape index (κ1) is 14.8. The molecule has 2 heterocycles. The highest BCUT2D eigenvalue weighted by molar-refractivity contribution is 6.34. The molecule has 0 aliphatic carbocycles. The summed E-state index contributed by atoms with van der Waals surface area (Å²) in [6, 6.07) is 10.3. The summed E-state index contributed by atoms with van der Waals surface area (Å²) in [5.74, 6) is 0.194. The largest absolute Gasteiger partial charge is 0.472 e. The Morgan fingerprint density at radius 2 is 2.23 bits per heavy atom. The van der Waals surface area contributed by atoms with Crippen molar-refractivity contribution in [1.29, 1.82) is 0 Å². The Labute approximate surface area is 133 Å². The highest BCUT2D eigenvalue weighted by atomic mass is 35.5. The smallest absolute Gasteiger partial charge is 0.257 e. The lowest BCUT2D eigenvalue weighted by molar-refractivity contribution is 0.102. The van der Waals surface area contributed by atoms with E-state index >= 15 is 0 Å². The average molecular weight is 319 g/mol. The molecule has 1 aliphatic heterocycles. The van der Waals surface area contributed by atoms with Crippen molar-refractivity contribution >= 4 is 23.2 Å². The number of pyridine rings is 1. The molecular formula is C16H15ClN2O3. The number of nitrogens with zero attached hydrogens (tertiary/aromatic N) is 1. The molecule has 1 aromatic heterocycles. The highest BCUT2D eigenvalue weighted by Crippen LogP contribution is 2.20. The lowest BCUT2D eigenvalue weighted by Gasteiger charge is -2.12. The van der Waals surface area contributed by atoms with Gasteiger partial charge in [-0.05, 0) is 18.2 Å². The Morgan fingerprint density at radius 3 is 3.00 bits per heavy atom. The van der Waals surface area contributed by atoms with Crippen LogP contribution in [0.3, 0.4) is 0 Å². The van der Waals surface area contributed by atoms with E-state index in [0.717, 1.165) is 6.42 Å². The number of aromatic nitrogens is 1. The normalized spacial score (nSPS) is 17.2. The highest BCUT2D eigenvalue weighted by Gasteiger charge is 2.18. The molecule has 3 rings (SSSR count). The first-order valence-corrected chi connectivity index (χ1v) is 7.36. The molecular weight excluding hydrogens is 304 g/mol. The molecule has 0 bridgehead atoms. The van der Waals surface area contributed by atoms with E-state index in [2.05, 4.69) is 10.3 Å². The van der Waals surface area contributed by atoms with Gasteiger partial charge in [0.1, 0.15) is 6.10 Å². The van der Waals surface area contributed by atoms with E-state index in [1.807, 2.05) is 0 Å². The summed E-state index contributed by atoms with van der Waals surface area (Å²) in [6.45, 7) is 1.27. The number of ether oxygens (including phenoxy) is 2. The van der Waals surface area contributed by atoms with Gasteiger partial charge < -0.3 is 14.8 Å². The van der Waals surface area contributed by atoms with E-state index in [-0.39, 0.29) is 12.0 Å². The van der Waals surface area contributed by atoms with Crippen LogP contribution < -0.4 is 10.1 Å². The van der Waals surface area contributed by atoms with E-state index in [9.17, 15) is 4.79 Å². The van der Waals surface area contributed by atoms with Crippen LogP contribution in [0.4, 0.5) is 5.69 Å². The number of hydrogen-bond acceptors (Lipinski definition) is 4. The number of rotatable bonds is 4. The molecule has 0 saturated carbocycles. The lowest BCUT2D eigenvalue weighted by Crippen LogP contribution is -2.17. The predicted octanol–water partition coefficient (Wildman–Crippen LogP) is 3.16. The summed E-state index contributed by atoms with van der Waals surface area (Å²) in [4.78, 5) is 16.4. The Kier molecular flexibility index (Phi) is 4.56. The zero-order valence-corrected chi connectivity index (χ0v) is 12.5. The summed E-state index contributed by atoms with van der Waals surface area (Å²) in [7, 11) is 0. The van der Waals surface area contributed by atoms with Gasteiger partial charge in [0.05, 0.1) is 23.8 Å². The molecule has 1 amide bonds. The van der Waals surface area contributed by atoms with E-state index in [1.165, 1.54) is 0 Å². The van der Waals surface area contributed by atoms with Crippen LogP contribution in [0.5, 0.6) is 5.88 Å².